The average Bonchev–Trinajstić information content (AvgIpc) is 2.55. The molecule has 94 valence electrons. The van der Waals surface area contributed by atoms with Crippen LogP contribution in [-0.4, -0.2) is 12.6 Å². The second-order valence-corrected chi connectivity index (χ2v) is 4.98. The number of rotatable bonds is 3. The van der Waals surface area contributed by atoms with Crippen LogP contribution in [0.25, 0.3) is 0 Å². The highest BCUT2D eigenvalue weighted by Gasteiger charge is 2.18. The molecule has 1 aromatic carbocycles. The zero-order valence-corrected chi connectivity index (χ0v) is 10.7. The Hall–Kier alpha value is -1.02. The van der Waals surface area contributed by atoms with Crippen LogP contribution in [0.2, 0.25) is 0 Å². The Morgan fingerprint density at radius 2 is 1.88 bits per heavy atom. The predicted octanol–water partition coefficient (Wildman–Crippen LogP) is 3.46. The Balaban J connectivity index is 2.04. The van der Waals surface area contributed by atoms with E-state index in [0.717, 1.165) is 18.8 Å². The van der Waals surface area contributed by atoms with Gasteiger partial charge in [0.1, 0.15) is 5.75 Å². The highest BCUT2D eigenvalue weighted by molar-refractivity contribution is 5.29. The van der Waals surface area contributed by atoms with Crippen molar-refractivity contribution in [1.29, 1.82) is 0 Å². The maximum atomic E-state index is 6.12. The standard InChI is InChI=1S/C15H23NO/c1-2-17-15-9-7-12(8-10-15)13-5-3-4-6-14(16)11-13/h7-10,13-14H,2-6,11,16H2,1H3. The van der Waals surface area contributed by atoms with Gasteiger partial charge in [-0.1, -0.05) is 25.0 Å². The highest BCUT2D eigenvalue weighted by atomic mass is 16.5. The zero-order valence-electron chi connectivity index (χ0n) is 10.7. The highest BCUT2D eigenvalue weighted by Crippen LogP contribution is 2.31. The fourth-order valence-corrected chi connectivity index (χ4v) is 2.70. The van der Waals surface area contributed by atoms with E-state index in [2.05, 4.69) is 24.3 Å². The van der Waals surface area contributed by atoms with Gasteiger partial charge in [-0.15, -0.1) is 0 Å². The van der Waals surface area contributed by atoms with E-state index in [4.69, 9.17) is 10.5 Å². The first kappa shape index (κ1) is 12.4. The molecular formula is C15H23NO. The van der Waals surface area contributed by atoms with Crippen molar-refractivity contribution in [3.8, 4) is 5.75 Å². The van der Waals surface area contributed by atoms with Gasteiger partial charge in [0.2, 0.25) is 0 Å². The Labute approximate surface area is 104 Å². The maximum Gasteiger partial charge on any atom is 0.119 e. The summed E-state index contributed by atoms with van der Waals surface area (Å²) in [5, 5.41) is 0. The van der Waals surface area contributed by atoms with Crippen molar-refractivity contribution in [1.82, 2.24) is 0 Å². The summed E-state index contributed by atoms with van der Waals surface area (Å²) in [6, 6.07) is 8.94. The quantitative estimate of drug-likeness (QED) is 0.811. The summed E-state index contributed by atoms with van der Waals surface area (Å²) >= 11 is 0. The molecular weight excluding hydrogens is 210 g/mol. The monoisotopic (exact) mass is 233 g/mol. The molecule has 0 radical (unpaired) electrons. The van der Waals surface area contributed by atoms with E-state index in [-0.39, 0.29) is 0 Å². The molecule has 0 spiro atoms. The summed E-state index contributed by atoms with van der Waals surface area (Å²) < 4.78 is 5.47. The fourth-order valence-electron chi connectivity index (χ4n) is 2.70. The van der Waals surface area contributed by atoms with Gasteiger partial charge < -0.3 is 10.5 Å². The predicted molar refractivity (Wildman–Crippen MR) is 71.4 cm³/mol. The van der Waals surface area contributed by atoms with Gasteiger partial charge in [-0.2, -0.15) is 0 Å². The van der Waals surface area contributed by atoms with E-state index < -0.39 is 0 Å². The smallest absolute Gasteiger partial charge is 0.119 e. The summed E-state index contributed by atoms with van der Waals surface area (Å²) in [7, 11) is 0. The van der Waals surface area contributed by atoms with Crippen molar-refractivity contribution in [2.24, 2.45) is 5.73 Å². The van der Waals surface area contributed by atoms with Gasteiger partial charge in [-0.05, 0) is 49.8 Å². The lowest BCUT2D eigenvalue weighted by molar-refractivity contribution is 0.340. The first-order chi connectivity index (χ1) is 8.29. The van der Waals surface area contributed by atoms with E-state index in [1.54, 1.807) is 0 Å². The van der Waals surface area contributed by atoms with Crippen LogP contribution in [0.4, 0.5) is 0 Å². The van der Waals surface area contributed by atoms with Crippen molar-refractivity contribution in [3.63, 3.8) is 0 Å². The third-order valence-electron chi connectivity index (χ3n) is 3.63. The van der Waals surface area contributed by atoms with Gasteiger partial charge in [-0.3, -0.25) is 0 Å². The van der Waals surface area contributed by atoms with Crippen LogP contribution >= 0.6 is 0 Å². The van der Waals surface area contributed by atoms with Crippen LogP contribution in [0.15, 0.2) is 24.3 Å². The van der Waals surface area contributed by atoms with Gasteiger partial charge in [0, 0.05) is 6.04 Å². The molecule has 2 N–H and O–H groups in total. The van der Waals surface area contributed by atoms with Gasteiger partial charge in [0.15, 0.2) is 0 Å². The molecule has 2 heteroatoms. The first-order valence-electron chi connectivity index (χ1n) is 6.78. The second kappa shape index (κ2) is 6.06. The molecule has 2 rings (SSSR count). The van der Waals surface area contributed by atoms with Gasteiger partial charge in [0.25, 0.3) is 0 Å². The van der Waals surface area contributed by atoms with Crippen molar-refractivity contribution in [3.05, 3.63) is 29.8 Å². The Kier molecular flexibility index (Phi) is 4.43. The summed E-state index contributed by atoms with van der Waals surface area (Å²) in [5.74, 6) is 1.61. The van der Waals surface area contributed by atoms with Crippen LogP contribution in [-0.2, 0) is 0 Å². The lowest BCUT2D eigenvalue weighted by Gasteiger charge is -2.17. The number of hydrogen-bond acceptors (Lipinski definition) is 2. The van der Waals surface area contributed by atoms with E-state index in [0.29, 0.717) is 12.0 Å². The van der Waals surface area contributed by atoms with Gasteiger partial charge >= 0.3 is 0 Å². The Bertz CT molecular complexity index is 333. The lowest BCUT2D eigenvalue weighted by atomic mass is 9.90. The van der Waals surface area contributed by atoms with Crippen LogP contribution in [0.5, 0.6) is 5.75 Å². The minimum Gasteiger partial charge on any atom is -0.494 e. The minimum absolute atomic E-state index is 0.383. The maximum absolute atomic E-state index is 6.12. The lowest BCUT2D eigenvalue weighted by Crippen LogP contribution is -2.20. The van der Waals surface area contributed by atoms with Crippen LogP contribution in [0.1, 0.15) is 50.5 Å². The summed E-state index contributed by atoms with van der Waals surface area (Å²) in [6.45, 7) is 2.74. The van der Waals surface area contributed by atoms with Crippen LogP contribution in [0, 0.1) is 0 Å². The molecule has 1 aromatic rings. The fraction of sp³-hybridized carbons (Fsp3) is 0.600. The Morgan fingerprint density at radius 1 is 1.18 bits per heavy atom. The van der Waals surface area contributed by atoms with Crippen molar-refractivity contribution >= 4 is 0 Å². The number of hydrogen-bond donors (Lipinski definition) is 1. The zero-order chi connectivity index (χ0) is 12.1. The molecule has 0 amide bonds. The van der Waals surface area contributed by atoms with Crippen molar-refractivity contribution < 1.29 is 4.74 Å². The molecule has 2 unspecified atom stereocenters. The Morgan fingerprint density at radius 3 is 2.59 bits per heavy atom. The molecule has 17 heavy (non-hydrogen) atoms. The van der Waals surface area contributed by atoms with Crippen LogP contribution < -0.4 is 10.5 Å². The van der Waals surface area contributed by atoms with Gasteiger partial charge in [0.05, 0.1) is 6.61 Å². The van der Waals surface area contributed by atoms with E-state index in [9.17, 15) is 0 Å². The molecule has 1 saturated carbocycles. The number of nitrogens with two attached hydrogens (primary N) is 1. The molecule has 0 heterocycles. The molecule has 1 aliphatic rings. The largest absolute Gasteiger partial charge is 0.494 e. The SMILES string of the molecule is CCOc1ccc(C2CCCCC(N)C2)cc1. The molecule has 1 aliphatic carbocycles. The summed E-state index contributed by atoms with van der Waals surface area (Å²) in [4.78, 5) is 0. The summed E-state index contributed by atoms with van der Waals surface area (Å²) in [6.07, 6.45) is 6.20. The molecule has 0 aromatic heterocycles. The molecule has 0 saturated heterocycles. The van der Waals surface area contributed by atoms with Crippen LogP contribution in [0.3, 0.4) is 0 Å². The topological polar surface area (TPSA) is 35.2 Å². The third-order valence-corrected chi connectivity index (χ3v) is 3.63. The van der Waals surface area contributed by atoms with Gasteiger partial charge in [-0.25, -0.2) is 0 Å². The molecule has 2 nitrogen and oxygen atoms in total. The van der Waals surface area contributed by atoms with Crippen molar-refractivity contribution in [2.75, 3.05) is 6.61 Å². The molecule has 0 bridgehead atoms. The molecule has 2 atom stereocenters. The number of benzene rings is 1. The number of ether oxygens (including phenoxy) is 1. The van der Waals surface area contributed by atoms with E-state index in [1.807, 2.05) is 6.92 Å². The summed E-state index contributed by atoms with van der Waals surface area (Å²) in [5.41, 5.74) is 7.54. The van der Waals surface area contributed by atoms with Crippen molar-refractivity contribution in [2.45, 2.75) is 51.0 Å². The minimum atomic E-state index is 0.383. The third kappa shape index (κ3) is 3.47. The van der Waals surface area contributed by atoms with E-state index in [1.165, 1.54) is 31.2 Å². The average molecular weight is 233 g/mol. The first-order valence-corrected chi connectivity index (χ1v) is 6.78. The molecule has 1 fully saturated rings. The molecule has 0 aliphatic heterocycles. The normalized spacial score (nSPS) is 25.3. The van der Waals surface area contributed by atoms with E-state index >= 15 is 0 Å². The second-order valence-electron chi connectivity index (χ2n) is 4.98.